The number of likely N-dealkylation sites (N-methyl/N-ethyl adjacent to an activating group) is 1. The second-order valence-corrected chi connectivity index (χ2v) is 5.99. The number of rotatable bonds is 7. The number of nitrogens with two attached hydrogens (primary N) is 1. The normalized spacial score (nSPS) is 18.6. The predicted octanol–water partition coefficient (Wildman–Crippen LogP) is 2.82. The third kappa shape index (κ3) is 3.77. The molecule has 0 aliphatic heterocycles. The minimum Gasteiger partial charge on any atom is -0.329 e. The van der Waals surface area contributed by atoms with Crippen molar-refractivity contribution >= 4 is 0 Å². The lowest BCUT2D eigenvalue weighted by Crippen LogP contribution is -2.53. The highest BCUT2D eigenvalue weighted by Gasteiger charge is 2.34. The molecule has 2 nitrogen and oxygen atoms in total. The van der Waals surface area contributed by atoms with Crippen LogP contribution in [0.15, 0.2) is 24.3 Å². The van der Waals surface area contributed by atoms with Crippen LogP contribution in [0.3, 0.4) is 0 Å². The maximum absolute atomic E-state index is 13.0. The first-order valence-corrected chi connectivity index (χ1v) is 7.27. The van der Waals surface area contributed by atoms with Gasteiger partial charge in [0, 0.05) is 18.6 Å². The molecule has 1 aliphatic rings. The lowest BCUT2D eigenvalue weighted by Gasteiger charge is -2.40. The maximum atomic E-state index is 13.0. The summed E-state index contributed by atoms with van der Waals surface area (Å²) in [6, 6.07) is 6.80. The van der Waals surface area contributed by atoms with Gasteiger partial charge in [-0.1, -0.05) is 19.1 Å². The van der Waals surface area contributed by atoms with Gasteiger partial charge in [0.05, 0.1) is 0 Å². The minimum atomic E-state index is -0.177. The van der Waals surface area contributed by atoms with Crippen LogP contribution in [-0.4, -0.2) is 30.1 Å². The first-order chi connectivity index (χ1) is 9.07. The van der Waals surface area contributed by atoms with Gasteiger partial charge in [0.2, 0.25) is 0 Å². The molecule has 3 heteroatoms. The fourth-order valence-electron chi connectivity index (χ4n) is 2.70. The van der Waals surface area contributed by atoms with Crippen molar-refractivity contribution in [2.45, 2.75) is 38.6 Å². The molecule has 0 heterocycles. The van der Waals surface area contributed by atoms with Gasteiger partial charge < -0.3 is 5.73 Å². The summed E-state index contributed by atoms with van der Waals surface area (Å²) in [6.07, 6.45) is 3.59. The average Bonchev–Trinajstić information content (AvgIpc) is 3.22. The molecule has 0 saturated heterocycles. The fraction of sp³-hybridized carbons (Fsp3) is 0.625. The molecule has 19 heavy (non-hydrogen) atoms. The zero-order chi connectivity index (χ0) is 13.9. The Morgan fingerprint density at radius 3 is 2.42 bits per heavy atom. The van der Waals surface area contributed by atoms with Gasteiger partial charge in [-0.15, -0.1) is 0 Å². The topological polar surface area (TPSA) is 29.3 Å². The number of hydrogen-bond donors (Lipinski definition) is 1. The highest BCUT2D eigenvalue weighted by molar-refractivity contribution is 5.19. The summed E-state index contributed by atoms with van der Waals surface area (Å²) >= 11 is 0. The molecular weight excluding hydrogens is 239 g/mol. The van der Waals surface area contributed by atoms with Gasteiger partial charge in [0.15, 0.2) is 0 Å². The lowest BCUT2D eigenvalue weighted by atomic mass is 9.90. The van der Waals surface area contributed by atoms with Crippen LogP contribution < -0.4 is 5.73 Å². The molecule has 0 radical (unpaired) electrons. The third-order valence-electron chi connectivity index (χ3n) is 4.26. The average molecular weight is 264 g/mol. The third-order valence-corrected chi connectivity index (χ3v) is 4.26. The second-order valence-electron chi connectivity index (χ2n) is 5.99. The van der Waals surface area contributed by atoms with Crippen LogP contribution in [-0.2, 0) is 6.42 Å². The summed E-state index contributed by atoms with van der Waals surface area (Å²) in [4.78, 5) is 2.49. The van der Waals surface area contributed by atoms with Crippen molar-refractivity contribution in [2.75, 3.05) is 19.6 Å². The van der Waals surface area contributed by atoms with Crippen LogP contribution in [0.25, 0.3) is 0 Å². The van der Waals surface area contributed by atoms with Crippen LogP contribution >= 0.6 is 0 Å². The predicted molar refractivity (Wildman–Crippen MR) is 77.5 cm³/mol. The summed E-state index contributed by atoms with van der Waals surface area (Å²) in [5.74, 6) is 0.683. The molecule has 2 rings (SSSR count). The van der Waals surface area contributed by atoms with Gasteiger partial charge in [-0.25, -0.2) is 4.39 Å². The molecule has 1 atom stereocenters. The van der Waals surface area contributed by atoms with E-state index in [2.05, 4.69) is 18.7 Å². The van der Waals surface area contributed by atoms with Crippen molar-refractivity contribution < 1.29 is 4.39 Å². The Bertz CT molecular complexity index is 400. The van der Waals surface area contributed by atoms with E-state index in [4.69, 9.17) is 5.73 Å². The summed E-state index contributed by atoms with van der Waals surface area (Å²) in [6.45, 7) is 7.21. The number of hydrogen-bond acceptors (Lipinski definition) is 2. The highest BCUT2D eigenvalue weighted by Crippen LogP contribution is 2.32. The van der Waals surface area contributed by atoms with Crippen molar-refractivity contribution in [2.24, 2.45) is 11.7 Å². The quantitative estimate of drug-likeness (QED) is 0.820. The molecule has 1 fully saturated rings. The van der Waals surface area contributed by atoms with Crippen LogP contribution in [0.1, 0.15) is 32.3 Å². The molecule has 1 unspecified atom stereocenters. The SMILES string of the molecule is CCN(CC1CC1)C(C)(CN)Cc1ccc(F)cc1. The monoisotopic (exact) mass is 264 g/mol. The fourth-order valence-corrected chi connectivity index (χ4v) is 2.70. The van der Waals surface area contributed by atoms with E-state index in [1.54, 1.807) is 0 Å². The molecule has 1 aromatic carbocycles. The smallest absolute Gasteiger partial charge is 0.123 e. The number of halogens is 1. The van der Waals surface area contributed by atoms with Crippen molar-refractivity contribution in [3.05, 3.63) is 35.6 Å². The van der Waals surface area contributed by atoms with Gasteiger partial charge in [0.1, 0.15) is 5.82 Å². The molecule has 1 aromatic rings. The lowest BCUT2D eigenvalue weighted by molar-refractivity contribution is 0.111. The molecule has 106 valence electrons. The first-order valence-electron chi connectivity index (χ1n) is 7.27. The molecule has 1 saturated carbocycles. The van der Waals surface area contributed by atoms with Gasteiger partial charge in [-0.3, -0.25) is 4.90 Å². The molecule has 0 bridgehead atoms. The zero-order valence-corrected chi connectivity index (χ0v) is 12.0. The Balaban J connectivity index is 2.08. The van der Waals surface area contributed by atoms with E-state index in [-0.39, 0.29) is 11.4 Å². The second kappa shape index (κ2) is 6.02. The summed E-state index contributed by atoms with van der Waals surface area (Å²) in [7, 11) is 0. The van der Waals surface area contributed by atoms with Crippen molar-refractivity contribution in [3.8, 4) is 0 Å². The Hall–Kier alpha value is -0.930. The number of benzene rings is 1. The van der Waals surface area contributed by atoms with Crippen LogP contribution in [0.5, 0.6) is 0 Å². The molecule has 0 amide bonds. The first kappa shape index (κ1) is 14.5. The van der Waals surface area contributed by atoms with E-state index in [0.29, 0.717) is 6.54 Å². The molecular formula is C16H25FN2. The van der Waals surface area contributed by atoms with Gasteiger partial charge in [-0.2, -0.15) is 0 Å². The van der Waals surface area contributed by atoms with Crippen LogP contribution in [0, 0.1) is 11.7 Å². The van der Waals surface area contributed by atoms with E-state index < -0.39 is 0 Å². The standard InChI is InChI=1S/C16H25FN2/c1-3-19(11-14-4-5-14)16(2,12-18)10-13-6-8-15(17)9-7-13/h6-9,14H,3-5,10-12,18H2,1-2H3. The Labute approximate surface area is 115 Å². The van der Waals surface area contributed by atoms with Crippen molar-refractivity contribution in [3.63, 3.8) is 0 Å². The van der Waals surface area contributed by atoms with E-state index in [0.717, 1.165) is 31.0 Å². The van der Waals surface area contributed by atoms with Crippen LogP contribution in [0.2, 0.25) is 0 Å². The molecule has 1 aliphatic carbocycles. The van der Waals surface area contributed by atoms with Gasteiger partial charge in [-0.05, 0) is 56.3 Å². The summed E-state index contributed by atoms with van der Waals surface area (Å²) in [5, 5.41) is 0. The Morgan fingerprint density at radius 1 is 1.32 bits per heavy atom. The van der Waals surface area contributed by atoms with Crippen molar-refractivity contribution in [1.29, 1.82) is 0 Å². The number of nitrogens with zero attached hydrogens (tertiary/aromatic N) is 1. The van der Waals surface area contributed by atoms with Crippen molar-refractivity contribution in [1.82, 2.24) is 4.90 Å². The van der Waals surface area contributed by atoms with Gasteiger partial charge in [0.25, 0.3) is 0 Å². The Kier molecular flexibility index (Phi) is 4.58. The highest BCUT2D eigenvalue weighted by atomic mass is 19.1. The van der Waals surface area contributed by atoms with E-state index in [9.17, 15) is 4.39 Å². The minimum absolute atomic E-state index is 0.0326. The van der Waals surface area contributed by atoms with E-state index in [1.165, 1.54) is 25.0 Å². The van der Waals surface area contributed by atoms with Gasteiger partial charge >= 0.3 is 0 Å². The Morgan fingerprint density at radius 2 is 1.95 bits per heavy atom. The molecule has 0 spiro atoms. The summed E-state index contributed by atoms with van der Waals surface area (Å²) in [5.41, 5.74) is 7.17. The van der Waals surface area contributed by atoms with E-state index >= 15 is 0 Å². The van der Waals surface area contributed by atoms with E-state index in [1.807, 2.05) is 12.1 Å². The largest absolute Gasteiger partial charge is 0.329 e. The summed E-state index contributed by atoms with van der Waals surface area (Å²) < 4.78 is 13.0. The molecule has 0 aromatic heterocycles. The maximum Gasteiger partial charge on any atom is 0.123 e. The van der Waals surface area contributed by atoms with Crippen LogP contribution in [0.4, 0.5) is 4.39 Å². The zero-order valence-electron chi connectivity index (χ0n) is 12.0. The molecule has 2 N–H and O–H groups in total.